The summed E-state index contributed by atoms with van der Waals surface area (Å²) in [6, 6.07) is 7.36. The minimum atomic E-state index is 0. The molecule has 1 aromatic heterocycles. The van der Waals surface area contributed by atoms with Crippen LogP contribution in [0.2, 0.25) is 5.02 Å². The highest BCUT2D eigenvalue weighted by Crippen LogP contribution is 2.20. The molecule has 3 heterocycles. The highest BCUT2D eigenvalue weighted by molar-refractivity contribution is 14.0. The molecule has 10 heteroatoms. The van der Waals surface area contributed by atoms with Crippen LogP contribution in [0.15, 0.2) is 33.8 Å². The van der Waals surface area contributed by atoms with Gasteiger partial charge in [-0.3, -0.25) is 0 Å². The number of hydrogen-bond donors (Lipinski definition) is 1. The molecule has 0 radical (unpaired) electrons. The Labute approximate surface area is 211 Å². The summed E-state index contributed by atoms with van der Waals surface area (Å²) in [5.74, 6) is 1.89. The van der Waals surface area contributed by atoms with Gasteiger partial charge >= 0.3 is 0 Å². The number of likely N-dealkylation sites (tertiary alicyclic amines) is 1. The minimum absolute atomic E-state index is 0. The number of nitrogens with zero attached hydrogens (tertiary/aromatic N) is 4. The summed E-state index contributed by atoms with van der Waals surface area (Å²) in [5, 5.41) is 8.10. The first kappa shape index (κ1) is 25.2. The Balaban J connectivity index is 0.00000289. The Kier molecular flexibility index (Phi) is 10.0. The Morgan fingerprint density at radius 3 is 2.72 bits per heavy atom. The largest absolute Gasteiger partial charge is 0.376 e. The van der Waals surface area contributed by atoms with Crippen LogP contribution in [0.5, 0.6) is 0 Å². The summed E-state index contributed by atoms with van der Waals surface area (Å²) in [7, 11) is 0. The van der Waals surface area contributed by atoms with Gasteiger partial charge < -0.3 is 24.2 Å². The van der Waals surface area contributed by atoms with Crippen molar-refractivity contribution in [3.8, 4) is 11.4 Å². The van der Waals surface area contributed by atoms with Crippen molar-refractivity contribution in [2.45, 2.75) is 51.4 Å². The van der Waals surface area contributed by atoms with E-state index in [2.05, 4.69) is 27.3 Å². The molecule has 32 heavy (non-hydrogen) atoms. The molecule has 0 aliphatic carbocycles. The van der Waals surface area contributed by atoms with E-state index in [9.17, 15) is 0 Å². The van der Waals surface area contributed by atoms with Gasteiger partial charge in [0.15, 0.2) is 5.96 Å². The first-order valence-electron chi connectivity index (χ1n) is 11.1. The van der Waals surface area contributed by atoms with E-state index in [1.165, 1.54) is 0 Å². The molecule has 2 saturated heterocycles. The molecule has 0 bridgehead atoms. The molecular formula is C22H31ClIN5O3. The zero-order valence-corrected chi connectivity index (χ0v) is 21.4. The summed E-state index contributed by atoms with van der Waals surface area (Å²) in [5.41, 5.74) is 0.861. The maximum absolute atomic E-state index is 6.08. The van der Waals surface area contributed by atoms with Crippen LogP contribution in [0.1, 0.15) is 38.5 Å². The fourth-order valence-corrected chi connectivity index (χ4v) is 3.98. The van der Waals surface area contributed by atoms with E-state index in [-0.39, 0.29) is 30.1 Å². The Morgan fingerprint density at radius 2 is 2.03 bits per heavy atom. The highest BCUT2D eigenvalue weighted by atomic mass is 127. The molecule has 176 valence electrons. The second kappa shape index (κ2) is 12.7. The first-order chi connectivity index (χ1) is 15.2. The lowest BCUT2D eigenvalue weighted by atomic mass is 10.1. The second-order valence-corrected chi connectivity index (χ2v) is 8.28. The van der Waals surface area contributed by atoms with Crippen LogP contribution < -0.4 is 5.32 Å². The van der Waals surface area contributed by atoms with Crippen LogP contribution >= 0.6 is 35.6 Å². The molecule has 8 nitrogen and oxygen atoms in total. The molecule has 4 rings (SSSR count). The van der Waals surface area contributed by atoms with Crippen molar-refractivity contribution in [2.24, 2.45) is 4.99 Å². The third kappa shape index (κ3) is 7.03. The highest BCUT2D eigenvalue weighted by Gasteiger charge is 2.24. The Bertz CT molecular complexity index is 850. The van der Waals surface area contributed by atoms with Crippen LogP contribution in [0, 0.1) is 0 Å². The molecule has 2 aliphatic heterocycles. The molecule has 0 saturated carbocycles. The van der Waals surface area contributed by atoms with Gasteiger partial charge in [0, 0.05) is 36.8 Å². The van der Waals surface area contributed by atoms with Crippen LogP contribution in [0.25, 0.3) is 11.4 Å². The van der Waals surface area contributed by atoms with Gasteiger partial charge in [0.25, 0.3) is 0 Å². The third-order valence-electron chi connectivity index (χ3n) is 5.55. The van der Waals surface area contributed by atoms with E-state index >= 15 is 0 Å². The number of aromatic nitrogens is 2. The van der Waals surface area contributed by atoms with Crippen molar-refractivity contribution >= 4 is 41.5 Å². The quantitative estimate of drug-likeness (QED) is 0.302. The van der Waals surface area contributed by atoms with Crippen LogP contribution in [0.3, 0.4) is 0 Å². The first-order valence-corrected chi connectivity index (χ1v) is 11.4. The summed E-state index contributed by atoms with van der Waals surface area (Å²) in [6.45, 7) is 6.59. The molecule has 1 aromatic carbocycles. The lowest BCUT2D eigenvalue weighted by molar-refractivity contribution is -0.0367. The van der Waals surface area contributed by atoms with Crippen LogP contribution in [-0.4, -0.2) is 66.1 Å². The van der Waals surface area contributed by atoms with Gasteiger partial charge in [-0.25, -0.2) is 4.99 Å². The van der Waals surface area contributed by atoms with Crippen molar-refractivity contribution in [1.82, 2.24) is 20.4 Å². The summed E-state index contributed by atoms with van der Waals surface area (Å²) in [6.07, 6.45) is 4.81. The Morgan fingerprint density at radius 1 is 1.25 bits per heavy atom. The van der Waals surface area contributed by atoms with Gasteiger partial charge in [-0.1, -0.05) is 16.8 Å². The lowest BCUT2D eigenvalue weighted by Crippen LogP contribution is -2.47. The van der Waals surface area contributed by atoms with E-state index in [1.54, 1.807) is 0 Å². The summed E-state index contributed by atoms with van der Waals surface area (Å²) in [4.78, 5) is 11.4. The van der Waals surface area contributed by atoms with Crippen molar-refractivity contribution < 1.29 is 14.0 Å². The van der Waals surface area contributed by atoms with Crippen molar-refractivity contribution in [3.63, 3.8) is 0 Å². The zero-order valence-electron chi connectivity index (χ0n) is 18.3. The monoisotopic (exact) mass is 575 g/mol. The molecule has 2 aromatic rings. The Hall–Kier alpha value is -1.43. The van der Waals surface area contributed by atoms with Gasteiger partial charge in [-0.2, -0.15) is 4.98 Å². The average molecular weight is 576 g/mol. The molecule has 1 atom stereocenters. The maximum Gasteiger partial charge on any atom is 0.248 e. The minimum Gasteiger partial charge on any atom is -0.376 e. The number of benzene rings is 1. The number of rotatable bonds is 7. The topological polar surface area (TPSA) is 85.0 Å². The van der Waals surface area contributed by atoms with Crippen molar-refractivity contribution in [2.75, 3.05) is 32.8 Å². The second-order valence-electron chi connectivity index (χ2n) is 7.84. The van der Waals surface area contributed by atoms with E-state index in [4.69, 9.17) is 30.6 Å². The van der Waals surface area contributed by atoms with Gasteiger partial charge in [-0.15, -0.1) is 24.0 Å². The van der Waals surface area contributed by atoms with Crippen molar-refractivity contribution in [3.05, 3.63) is 35.2 Å². The molecule has 0 spiro atoms. The molecular weight excluding hydrogens is 545 g/mol. The SMILES string of the molecule is CCNC(=NCc1nc(-c2ccc(Cl)cc2)no1)N1CCC(OCC2CCCO2)CC1.I. The number of nitrogens with one attached hydrogen (secondary N) is 1. The zero-order chi connectivity index (χ0) is 21.5. The fourth-order valence-electron chi connectivity index (χ4n) is 3.86. The summed E-state index contributed by atoms with van der Waals surface area (Å²) >= 11 is 5.94. The molecule has 1 unspecified atom stereocenters. The van der Waals surface area contributed by atoms with Gasteiger partial charge in [0.1, 0.15) is 6.54 Å². The van der Waals surface area contributed by atoms with Crippen molar-refractivity contribution in [1.29, 1.82) is 0 Å². The maximum atomic E-state index is 6.08. The standard InChI is InChI=1S/C22H30ClN5O3.HI/c1-2-24-22(28-11-9-18(10-12-28)30-15-19-4-3-13-29-19)25-14-20-26-21(27-31-20)16-5-7-17(23)8-6-16;/h5-8,18-19H,2-4,9-15H2,1H3,(H,24,25);1H. The molecule has 2 fully saturated rings. The van der Waals surface area contributed by atoms with E-state index < -0.39 is 0 Å². The fraction of sp³-hybridized carbons (Fsp3) is 0.591. The van der Waals surface area contributed by atoms with Crippen LogP contribution in [0.4, 0.5) is 0 Å². The molecule has 2 aliphatic rings. The normalized spacial score (nSPS) is 19.8. The number of guanidine groups is 1. The van der Waals surface area contributed by atoms with Gasteiger partial charge in [-0.05, 0) is 56.9 Å². The van der Waals surface area contributed by atoms with E-state index in [0.717, 1.165) is 63.4 Å². The molecule has 1 N–H and O–H groups in total. The number of halogens is 2. The number of hydrogen-bond acceptors (Lipinski definition) is 6. The predicted octanol–water partition coefficient (Wildman–Crippen LogP) is 4.13. The lowest BCUT2D eigenvalue weighted by Gasteiger charge is -2.34. The number of aliphatic imine (C=N–C) groups is 1. The smallest absolute Gasteiger partial charge is 0.248 e. The van der Waals surface area contributed by atoms with Gasteiger partial charge in [0.2, 0.25) is 11.7 Å². The van der Waals surface area contributed by atoms with Gasteiger partial charge in [0.05, 0.1) is 18.8 Å². The van der Waals surface area contributed by atoms with E-state index in [0.29, 0.717) is 36.0 Å². The average Bonchev–Trinajstić information content (AvgIpc) is 3.48. The van der Waals surface area contributed by atoms with E-state index in [1.807, 2.05) is 24.3 Å². The number of ether oxygens (including phenoxy) is 2. The number of piperidine rings is 1. The summed E-state index contributed by atoms with van der Waals surface area (Å²) < 4.78 is 17.1. The molecule has 0 amide bonds. The van der Waals surface area contributed by atoms with Crippen LogP contribution in [-0.2, 0) is 16.0 Å². The predicted molar refractivity (Wildman–Crippen MR) is 134 cm³/mol. The third-order valence-corrected chi connectivity index (χ3v) is 5.80.